The van der Waals surface area contributed by atoms with E-state index in [2.05, 4.69) is 20.6 Å². The number of hydrogen-bond donors (Lipinski definition) is 2. The van der Waals surface area contributed by atoms with Gasteiger partial charge in [0, 0.05) is 29.4 Å². The Hall–Kier alpha value is -3.24. The van der Waals surface area contributed by atoms with Gasteiger partial charge in [-0.05, 0) is 50.5 Å². The van der Waals surface area contributed by atoms with E-state index < -0.39 is 30.9 Å². The molecular weight excluding hydrogens is 432 g/mol. The predicted octanol–water partition coefficient (Wildman–Crippen LogP) is 3.90. The fourth-order valence-corrected chi connectivity index (χ4v) is 2.78. The summed E-state index contributed by atoms with van der Waals surface area (Å²) < 4.78 is 55.3. The maximum atomic E-state index is 13.0. The Kier molecular flexibility index (Phi) is 6.95. The Balaban J connectivity index is 1.61. The monoisotopic (exact) mass is 454 g/mol. The number of nitrogens with one attached hydrogen (secondary N) is 2. The highest BCUT2D eigenvalue weighted by Gasteiger charge is 2.42. The van der Waals surface area contributed by atoms with E-state index in [4.69, 9.17) is 4.74 Å². The summed E-state index contributed by atoms with van der Waals surface area (Å²) in [6.45, 7) is 1.72. The fraction of sp³-hybridized carbons (Fsp3) is 0.429. The van der Waals surface area contributed by atoms with E-state index in [1.165, 1.54) is 31.5 Å². The maximum Gasteiger partial charge on any atom is 0.340 e. The number of anilines is 1. The van der Waals surface area contributed by atoms with Gasteiger partial charge >= 0.3 is 12.3 Å². The molecule has 0 aromatic carbocycles. The largest absolute Gasteiger partial charge is 0.471 e. The topological polar surface area (TPSA) is 93.2 Å². The van der Waals surface area contributed by atoms with Crippen molar-refractivity contribution in [1.82, 2.24) is 15.3 Å². The average molecular weight is 454 g/mol. The third kappa shape index (κ3) is 5.92. The smallest absolute Gasteiger partial charge is 0.340 e. The number of carbonyl (C=O) groups is 2. The summed E-state index contributed by atoms with van der Waals surface area (Å²) >= 11 is 0. The molecule has 11 heteroatoms. The zero-order valence-electron chi connectivity index (χ0n) is 17.4. The van der Waals surface area contributed by atoms with Gasteiger partial charge < -0.3 is 15.4 Å². The number of ether oxygens (including phenoxy) is 1. The molecular formula is C21H22F4N4O3. The lowest BCUT2D eigenvalue weighted by Gasteiger charge is -2.18. The number of rotatable bonds is 9. The normalized spacial score (nSPS) is 14.7. The zero-order chi connectivity index (χ0) is 23.5. The van der Waals surface area contributed by atoms with Crippen LogP contribution in [-0.4, -0.2) is 40.7 Å². The Bertz CT molecular complexity index is 999. The summed E-state index contributed by atoms with van der Waals surface area (Å²) in [5.41, 5.74) is 1.19. The predicted molar refractivity (Wildman–Crippen MR) is 107 cm³/mol. The molecule has 0 radical (unpaired) electrons. The van der Waals surface area contributed by atoms with Gasteiger partial charge in [0.05, 0.1) is 6.04 Å². The summed E-state index contributed by atoms with van der Waals surface area (Å²) in [4.78, 5) is 32.4. The molecule has 2 aromatic heterocycles. The standard InChI is InChI=1S/C21H22F4N4O3/c1-11-7-15(9-27-19(11)32-10-21(24,25)20(22)23)12(2)28-18(31)14-5-6-26-16(8-14)29-17(30)13-3-4-13/h5-9,12-13,20H,3-4,10H2,1-2H3,(H,28,31)(H,26,29,30). The number of nitrogens with zero attached hydrogens (tertiary/aromatic N) is 2. The first-order valence-corrected chi connectivity index (χ1v) is 9.90. The molecule has 3 rings (SSSR count). The van der Waals surface area contributed by atoms with Gasteiger partial charge in [-0.2, -0.15) is 8.78 Å². The second-order valence-electron chi connectivity index (χ2n) is 7.63. The second kappa shape index (κ2) is 9.49. The number of aromatic nitrogens is 2. The van der Waals surface area contributed by atoms with Crippen LogP contribution in [0.2, 0.25) is 0 Å². The van der Waals surface area contributed by atoms with E-state index in [-0.39, 0.29) is 29.1 Å². The number of amides is 2. The minimum Gasteiger partial charge on any atom is -0.471 e. The lowest BCUT2D eigenvalue weighted by atomic mass is 10.1. The van der Waals surface area contributed by atoms with Crippen molar-refractivity contribution in [2.24, 2.45) is 5.92 Å². The van der Waals surface area contributed by atoms with E-state index in [0.717, 1.165) is 12.8 Å². The number of halogens is 4. The van der Waals surface area contributed by atoms with E-state index in [1.807, 2.05) is 0 Å². The Labute approximate surface area is 181 Å². The van der Waals surface area contributed by atoms with Gasteiger partial charge in [0.25, 0.3) is 5.91 Å². The van der Waals surface area contributed by atoms with E-state index in [1.54, 1.807) is 13.0 Å². The van der Waals surface area contributed by atoms with Gasteiger partial charge in [0.15, 0.2) is 6.61 Å². The summed E-state index contributed by atoms with van der Waals surface area (Å²) in [6.07, 6.45) is 0.565. The summed E-state index contributed by atoms with van der Waals surface area (Å²) in [5.74, 6) is -4.75. The van der Waals surface area contributed by atoms with Crippen LogP contribution in [0.5, 0.6) is 5.88 Å². The first-order valence-electron chi connectivity index (χ1n) is 9.90. The molecule has 2 N–H and O–H groups in total. The molecule has 172 valence electrons. The molecule has 1 aliphatic carbocycles. The van der Waals surface area contributed by atoms with Crippen molar-refractivity contribution >= 4 is 17.6 Å². The Morgan fingerprint density at radius 3 is 2.59 bits per heavy atom. The van der Waals surface area contributed by atoms with Gasteiger partial charge in [0.1, 0.15) is 5.82 Å². The third-order valence-corrected chi connectivity index (χ3v) is 4.84. The SMILES string of the molecule is Cc1cc(C(C)NC(=O)c2ccnc(NC(=O)C3CC3)c2)cnc1OCC(F)(F)C(F)F. The molecule has 1 aliphatic rings. The third-order valence-electron chi connectivity index (χ3n) is 4.84. The maximum absolute atomic E-state index is 13.0. The average Bonchev–Trinajstić information content (AvgIpc) is 3.58. The van der Waals surface area contributed by atoms with Gasteiger partial charge in [-0.25, -0.2) is 18.7 Å². The molecule has 0 aliphatic heterocycles. The molecule has 32 heavy (non-hydrogen) atoms. The molecule has 2 aromatic rings. The van der Waals surface area contributed by atoms with Crippen molar-refractivity contribution in [3.8, 4) is 5.88 Å². The molecule has 0 spiro atoms. The number of aryl methyl sites for hydroxylation is 1. The molecule has 2 amide bonds. The van der Waals surface area contributed by atoms with Crippen molar-refractivity contribution in [3.63, 3.8) is 0 Å². The summed E-state index contributed by atoms with van der Waals surface area (Å²) in [7, 11) is 0. The van der Waals surface area contributed by atoms with Crippen LogP contribution in [0.3, 0.4) is 0 Å². The quantitative estimate of drug-likeness (QED) is 0.561. The lowest BCUT2D eigenvalue weighted by Crippen LogP contribution is -2.34. The van der Waals surface area contributed by atoms with Crippen LogP contribution >= 0.6 is 0 Å². The van der Waals surface area contributed by atoms with Crippen molar-refractivity contribution in [3.05, 3.63) is 47.3 Å². The highest BCUT2D eigenvalue weighted by atomic mass is 19.3. The fourth-order valence-electron chi connectivity index (χ4n) is 2.78. The van der Waals surface area contributed by atoms with Gasteiger partial charge in [-0.1, -0.05) is 0 Å². The first-order chi connectivity index (χ1) is 15.1. The van der Waals surface area contributed by atoms with E-state index in [0.29, 0.717) is 11.1 Å². The van der Waals surface area contributed by atoms with Crippen molar-refractivity contribution in [2.45, 2.75) is 45.1 Å². The lowest BCUT2D eigenvalue weighted by molar-refractivity contribution is -0.148. The van der Waals surface area contributed by atoms with Crippen molar-refractivity contribution in [1.29, 1.82) is 0 Å². The minimum absolute atomic E-state index is 0.00130. The first kappa shape index (κ1) is 23.4. The highest BCUT2D eigenvalue weighted by molar-refractivity contribution is 5.97. The van der Waals surface area contributed by atoms with Crippen LogP contribution in [0.4, 0.5) is 23.4 Å². The summed E-state index contributed by atoms with van der Waals surface area (Å²) in [6, 6.07) is 4.01. The van der Waals surface area contributed by atoms with Crippen molar-refractivity contribution < 1.29 is 31.9 Å². The second-order valence-corrected chi connectivity index (χ2v) is 7.63. The molecule has 7 nitrogen and oxygen atoms in total. The van der Waals surface area contributed by atoms with Crippen LogP contribution in [0, 0.1) is 12.8 Å². The molecule has 1 unspecified atom stereocenters. The van der Waals surface area contributed by atoms with Crippen LogP contribution in [0.1, 0.15) is 47.3 Å². The molecule has 0 bridgehead atoms. The van der Waals surface area contributed by atoms with Crippen LogP contribution in [-0.2, 0) is 4.79 Å². The molecule has 1 saturated carbocycles. The number of pyridine rings is 2. The van der Waals surface area contributed by atoms with Gasteiger partial charge in [0.2, 0.25) is 11.8 Å². The van der Waals surface area contributed by atoms with Crippen LogP contribution in [0.15, 0.2) is 30.6 Å². The number of alkyl halides is 4. The Morgan fingerprint density at radius 2 is 1.97 bits per heavy atom. The van der Waals surface area contributed by atoms with Gasteiger partial charge in [-0.15, -0.1) is 0 Å². The summed E-state index contributed by atoms with van der Waals surface area (Å²) in [5, 5.41) is 5.44. The molecule has 1 atom stereocenters. The van der Waals surface area contributed by atoms with Crippen LogP contribution in [0.25, 0.3) is 0 Å². The van der Waals surface area contributed by atoms with Gasteiger partial charge in [-0.3, -0.25) is 9.59 Å². The highest BCUT2D eigenvalue weighted by Crippen LogP contribution is 2.30. The Morgan fingerprint density at radius 1 is 1.25 bits per heavy atom. The molecule has 1 fully saturated rings. The van der Waals surface area contributed by atoms with E-state index >= 15 is 0 Å². The van der Waals surface area contributed by atoms with Crippen molar-refractivity contribution in [2.75, 3.05) is 11.9 Å². The molecule has 2 heterocycles. The number of carbonyl (C=O) groups excluding carboxylic acids is 2. The van der Waals surface area contributed by atoms with Crippen LogP contribution < -0.4 is 15.4 Å². The minimum atomic E-state index is -4.28. The zero-order valence-corrected chi connectivity index (χ0v) is 17.4. The van der Waals surface area contributed by atoms with E-state index in [9.17, 15) is 27.2 Å². The number of hydrogen-bond acceptors (Lipinski definition) is 5. The molecule has 0 saturated heterocycles.